The van der Waals surface area contributed by atoms with E-state index in [9.17, 15) is 4.79 Å². The molecule has 2 aliphatic rings. The fourth-order valence-electron chi connectivity index (χ4n) is 3.74. The maximum Gasteiger partial charge on any atom is 0.320 e. The van der Waals surface area contributed by atoms with Gasteiger partial charge >= 0.3 is 6.01 Å². The van der Waals surface area contributed by atoms with Crippen molar-refractivity contribution in [1.29, 1.82) is 0 Å². The van der Waals surface area contributed by atoms with Crippen LogP contribution in [0.3, 0.4) is 0 Å². The number of fused-ring (bicyclic) bond motifs is 1. The van der Waals surface area contributed by atoms with Gasteiger partial charge in [-0.05, 0) is 50.4 Å². The van der Waals surface area contributed by atoms with Crippen molar-refractivity contribution in [3.05, 3.63) is 34.8 Å². The Bertz CT molecular complexity index is 1430. The average molecular weight is 437 g/mol. The van der Waals surface area contributed by atoms with Crippen molar-refractivity contribution in [3.8, 4) is 6.01 Å². The average Bonchev–Trinajstić information content (AvgIpc) is 3.41. The highest BCUT2D eigenvalue weighted by Gasteiger charge is 2.27. The molecule has 0 saturated carbocycles. The van der Waals surface area contributed by atoms with Crippen molar-refractivity contribution >= 4 is 23.2 Å². The van der Waals surface area contributed by atoms with E-state index < -0.39 is 43.9 Å². The second kappa shape index (κ2) is 9.51. The van der Waals surface area contributed by atoms with Crippen LogP contribution in [0.25, 0.3) is 0 Å². The summed E-state index contributed by atoms with van der Waals surface area (Å²) in [4.78, 5) is 23.9. The number of rotatable bonds is 8. The molecule has 8 heteroatoms. The van der Waals surface area contributed by atoms with E-state index in [0.29, 0.717) is 17.7 Å². The molecule has 2 aromatic rings. The summed E-state index contributed by atoms with van der Waals surface area (Å²) in [6.45, 7) is -4.08. The molecule has 1 aromatic carbocycles. The number of nitrogens with one attached hydrogen (secondary N) is 1. The van der Waals surface area contributed by atoms with Gasteiger partial charge in [0, 0.05) is 22.7 Å². The van der Waals surface area contributed by atoms with E-state index in [0.717, 1.165) is 25.9 Å². The van der Waals surface area contributed by atoms with E-state index in [1.54, 1.807) is 6.92 Å². The molecule has 1 amide bonds. The first kappa shape index (κ1) is 11.1. The van der Waals surface area contributed by atoms with E-state index in [2.05, 4.69) is 20.2 Å². The summed E-state index contributed by atoms with van der Waals surface area (Å²) in [5.41, 5.74) is 6.92. The van der Waals surface area contributed by atoms with E-state index in [1.165, 1.54) is 4.90 Å². The van der Waals surface area contributed by atoms with E-state index in [4.69, 9.17) is 26.9 Å². The molecule has 166 valence electrons. The number of nitrogen functional groups attached to an aromatic ring is 1. The summed E-state index contributed by atoms with van der Waals surface area (Å²) in [6.07, 6.45) is -5.40. The van der Waals surface area contributed by atoms with Crippen LogP contribution < -0.4 is 20.7 Å². The first-order valence-corrected chi connectivity index (χ1v) is 9.91. The van der Waals surface area contributed by atoms with Gasteiger partial charge in [-0.1, -0.05) is 36.9 Å². The van der Waals surface area contributed by atoms with Crippen molar-refractivity contribution < 1.29 is 26.0 Å². The number of carbonyl (C=O) groups excluding carboxylic acids is 1. The minimum Gasteiger partial charge on any atom is -0.463 e. The molecular formula is C23H32N6O2. The van der Waals surface area contributed by atoms with Gasteiger partial charge in [-0.3, -0.25) is 9.69 Å². The van der Waals surface area contributed by atoms with Gasteiger partial charge in [0.15, 0.2) is 11.6 Å². The standard InChI is InChI=1S/C23H32N6O2/c1-3-4-9-31-23-26-21(24)20-22(27-23)29(15-19(30)25-20)14-18-11-16(2)10-17(12-18)13-28-7-5-6-8-28/h10-12H,3-9,13-15H2,1-2H3,(H,25,30)(H2,24,26,27)/i1D3,3D2,4D2,9D2,10D,11D,12D. The molecule has 8 nitrogen and oxygen atoms in total. The third-order valence-corrected chi connectivity index (χ3v) is 4.96. The Kier molecular flexibility index (Phi) is 3.42. The zero-order valence-electron chi connectivity index (χ0n) is 29.1. The molecule has 0 unspecified atom stereocenters. The third-order valence-electron chi connectivity index (χ3n) is 4.96. The number of benzene rings is 1. The normalized spacial score (nSPS) is 23.8. The van der Waals surface area contributed by atoms with Gasteiger partial charge in [-0.15, -0.1) is 0 Å². The summed E-state index contributed by atoms with van der Waals surface area (Å²) in [5, 5.41) is 2.50. The first-order chi connectivity index (χ1) is 19.7. The number of ether oxygens (including phenoxy) is 1. The van der Waals surface area contributed by atoms with Crippen molar-refractivity contribution in [3.63, 3.8) is 0 Å². The number of anilines is 3. The van der Waals surface area contributed by atoms with Gasteiger partial charge < -0.3 is 20.7 Å². The molecule has 2 aliphatic heterocycles. The molecule has 4 rings (SSSR count). The number of nitrogens with two attached hydrogens (primary N) is 1. The molecule has 1 aromatic heterocycles. The number of hydrogen-bond donors (Lipinski definition) is 2. The van der Waals surface area contributed by atoms with Gasteiger partial charge in [0.2, 0.25) is 5.91 Å². The zero-order valence-corrected chi connectivity index (χ0v) is 17.1. The van der Waals surface area contributed by atoms with E-state index >= 15 is 0 Å². The monoisotopic (exact) mass is 436 g/mol. The van der Waals surface area contributed by atoms with Crippen LogP contribution in [0.2, 0.25) is 0 Å². The van der Waals surface area contributed by atoms with Gasteiger partial charge in [0.05, 0.1) is 20.0 Å². The first-order valence-electron chi connectivity index (χ1n) is 15.9. The molecule has 0 bridgehead atoms. The zero-order chi connectivity index (χ0) is 32.3. The SMILES string of the molecule is [2H]c1c(C)c([2H])c(CN2CC(=O)Nc3c(N)nc(OC([2H])([2H])C([2H])([2H])C([2H])([2H])C([2H])([2H])[2H])nc32)c([2H])c1CN1CCCC1. The highest BCUT2D eigenvalue weighted by atomic mass is 16.5. The maximum absolute atomic E-state index is 12.6. The van der Waals surface area contributed by atoms with Crippen LogP contribution in [0.5, 0.6) is 6.01 Å². The molecule has 0 atom stereocenters. The highest BCUT2D eigenvalue weighted by Crippen LogP contribution is 2.34. The van der Waals surface area contributed by atoms with Crippen LogP contribution in [0.4, 0.5) is 17.3 Å². The Hall–Kier alpha value is -2.87. The van der Waals surface area contributed by atoms with Gasteiger partial charge in [-0.25, -0.2) is 0 Å². The molecule has 3 heterocycles. The lowest BCUT2D eigenvalue weighted by atomic mass is 10.1. The van der Waals surface area contributed by atoms with Gasteiger partial charge in [0.1, 0.15) is 5.69 Å². The van der Waals surface area contributed by atoms with Crippen LogP contribution in [0, 0.1) is 6.92 Å². The second-order valence-corrected chi connectivity index (χ2v) is 7.39. The fraction of sp³-hybridized carbons (Fsp3) is 0.522. The van der Waals surface area contributed by atoms with Crippen molar-refractivity contribution in [2.24, 2.45) is 0 Å². The third kappa shape index (κ3) is 5.25. The molecular weight excluding hydrogens is 392 g/mol. The number of amides is 1. The Labute approximate surface area is 200 Å². The Morgan fingerprint density at radius 3 is 2.81 bits per heavy atom. The topological polar surface area (TPSA) is 96.6 Å². The lowest BCUT2D eigenvalue weighted by Crippen LogP contribution is -2.39. The smallest absolute Gasteiger partial charge is 0.320 e. The molecule has 0 spiro atoms. The minimum absolute atomic E-state index is 0.0324. The number of nitrogens with zero attached hydrogens (tertiary/aromatic N) is 4. The van der Waals surface area contributed by atoms with Crippen LogP contribution in [0.1, 0.15) is 65.6 Å². The number of likely N-dealkylation sites (tertiary alicyclic amines) is 1. The quantitative estimate of drug-likeness (QED) is 0.656. The maximum atomic E-state index is 12.6. The summed E-state index contributed by atoms with van der Waals surface area (Å²) in [7, 11) is 0. The van der Waals surface area contributed by atoms with Gasteiger partial charge in [0.25, 0.3) is 0 Å². The number of aromatic nitrogens is 2. The molecule has 0 radical (unpaired) electrons. The molecule has 1 fully saturated rings. The fourth-order valence-corrected chi connectivity index (χ4v) is 3.74. The summed E-state index contributed by atoms with van der Waals surface area (Å²) in [5.74, 6) is -1.04. The predicted molar refractivity (Wildman–Crippen MR) is 122 cm³/mol. The lowest BCUT2D eigenvalue weighted by Gasteiger charge is -2.30. The molecule has 1 saturated heterocycles. The van der Waals surface area contributed by atoms with Crippen LogP contribution in [0.15, 0.2) is 18.1 Å². The van der Waals surface area contributed by atoms with Crippen molar-refractivity contribution in [2.45, 2.75) is 52.5 Å². The highest BCUT2D eigenvalue weighted by molar-refractivity contribution is 6.03. The van der Waals surface area contributed by atoms with Crippen LogP contribution >= 0.6 is 0 Å². The summed E-state index contributed by atoms with van der Waals surface area (Å²) >= 11 is 0. The van der Waals surface area contributed by atoms with Crippen LogP contribution in [-0.2, 0) is 17.9 Å². The van der Waals surface area contributed by atoms with E-state index in [-0.39, 0.29) is 48.3 Å². The Morgan fingerprint density at radius 1 is 1.26 bits per heavy atom. The number of carbonyl (C=O) groups is 1. The Balaban J connectivity index is 1.73. The largest absolute Gasteiger partial charge is 0.463 e. The minimum atomic E-state index is -3.73. The molecule has 31 heavy (non-hydrogen) atoms. The molecule has 0 aliphatic carbocycles. The predicted octanol–water partition coefficient (Wildman–Crippen LogP) is 3.10. The lowest BCUT2D eigenvalue weighted by molar-refractivity contribution is -0.115. The van der Waals surface area contributed by atoms with Gasteiger partial charge in [-0.2, -0.15) is 9.97 Å². The number of hydrogen-bond acceptors (Lipinski definition) is 7. The van der Waals surface area contributed by atoms with E-state index in [1.807, 2.05) is 0 Å². The Morgan fingerprint density at radius 2 is 2.03 bits per heavy atom. The molecule has 3 N–H and O–H groups in total. The second-order valence-electron chi connectivity index (χ2n) is 7.39. The van der Waals surface area contributed by atoms with Crippen molar-refractivity contribution in [2.75, 3.05) is 42.1 Å². The summed E-state index contributed by atoms with van der Waals surface area (Å²) in [6, 6.07) is -0.868. The summed E-state index contributed by atoms with van der Waals surface area (Å²) < 4.78 is 101. The van der Waals surface area contributed by atoms with Crippen molar-refractivity contribution in [1.82, 2.24) is 14.9 Å². The van der Waals surface area contributed by atoms with Crippen LogP contribution in [-0.4, -0.2) is 47.0 Å².